The maximum Gasteiger partial charge on any atom is 0.257 e. The van der Waals surface area contributed by atoms with E-state index in [1.807, 2.05) is 13.8 Å². The Hall–Kier alpha value is -2.70. The number of halogens is 1. The summed E-state index contributed by atoms with van der Waals surface area (Å²) in [4.78, 5) is 25.0. The first-order valence-corrected chi connectivity index (χ1v) is 8.78. The summed E-state index contributed by atoms with van der Waals surface area (Å²) < 4.78 is 19.5. The standard InChI is InChI=1S/C19H23FN4O2/c1-14(2)26-19-18(21-7-8-22-19)24-11-9-23(10-12-24)17(25)13-15-5-3-4-6-16(15)20/h3-8,14H,9-13H2,1-2H3. The lowest BCUT2D eigenvalue weighted by Gasteiger charge is -2.35. The Kier molecular flexibility index (Phi) is 5.65. The minimum absolute atomic E-state index is 0.00841. The number of benzene rings is 1. The van der Waals surface area contributed by atoms with Crippen LogP contribution in [0, 0.1) is 5.82 Å². The van der Waals surface area contributed by atoms with Crippen molar-refractivity contribution in [2.75, 3.05) is 31.1 Å². The van der Waals surface area contributed by atoms with Gasteiger partial charge in [-0.05, 0) is 25.5 Å². The van der Waals surface area contributed by atoms with Crippen molar-refractivity contribution in [1.29, 1.82) is 0 Å². The molecular weight excluding hydrogens is 335 g/mol. The fourth-order valence-electron chi connectivity index (χ4n) is 2.93. The molecule has 0 aliphatic carbocycles. The van der Waals surface area contributed by atoms with Crippen molar-refractivity contribution in [3.63, 3.8) is 0 Å². The van der Waals surface area contributed by atoms with Crippen LogP contribution in [0.15, 0.2) is 36.7 Å². The summed E-state index contributed by atoms with van der Waals surface area (Å²) in [5.41, 5.74) is 0.432. The van der Waals surface area contributed by atoms with Crippen LogP contribution >= 0.6 is 0 Å². The number of amides is 1. The Morgan fingerprint density at radius 2 is 1.85 bits per heavy atom. The maximum absolute atomic E-state index is 13.7. The third kappa shape index (κ3) is 4.28. The molecule has 26 heavy (non-hydrogen) atoms. The number of aromatic nitrogens is 2. The van der Waals surface area contributed by atoms with Gasteiger partial charge in [-0.3, -0.25) is 4.79 Å². The normalized spacial score (nSPS) is 14.6. The van der Waals surface area contributed by atoms with E-state index in [4.69, 9.17) is 4.74 Å². The van der Waals surface area contributed by atoms with E-state index in [-0.39, 0.29) is 24.2 Å². The number of carbonyl (C=O) groups is 1. The topological polar surface area (TPSA) is 58.6 Å². The van der Waals surface area contributed by atoms with Gasteiger partial charge >= 0.3 is 0 Å². The highest BCUT2D eigenvalue weighted by Gasteiger charge is 2.25. The summed E-state index contributed by atoms with van der Waals surface area (Å²) in [6.45, 7) is 6.28. The van der Waals surface area contributed by atoms with Crippen molar-refractivity contribution in [3.05, 3.63) is 48.0 Å². The van der Waals surface area contributed by atoms with Crippen molar-refractivity contribution in [3.8, 4) is 5.88 Å². The molecule has 1 aliphatic heterocycles. The molecule has 1 aromatic carbocycles. The van der Waals surface area contributed by atoms with Gasteiger partial charge in [0.2, 0.25) is 5.91 Å². The number of ether oxygens (including phenoxy) is 1. The molecule has 2 aromatic rings. The second-order valence-electron chi connectivity index (χ2n) is 6.49. The minimum atomic E-state index is -0.338. The summed E-state index contributed by atoms with van der Waals surface area (Å²) in [6, 6.07) is 6.40. The average Bonchev–Trinajstić information content (AvgIpc) is 2.64. The van der Waals surface area contributed by atoms with Gasteiger partial charge in [0.05, 0.1) is 12.5 Å². The van der Waals surface area contributed by atoms with Crippen LogP contribution in [0.3, 0.4) is 0 Å². The number of anilines is 1. The first-order chi connectivity index (χ1) is 12.5. The van der Waals surface area contributed by atoms with Crippen LogP contribution in [0.5, 0.6) is 5.88 Å². The summed E-state index contributed by atoms with van der Waals surface area (Å²) in [6.07, 6.45) is 3.33. The molecule has 0 saturated carbocycles. The van der Waals surface area contributed by atoms with Crippen LogP contribution in [-0.2, 0) is 11.2 Å². The van der Waals surface area contributed by atoms with Gasteiger partial charge in [-0.25, -0.2) is 14.4 Å². The Morgan fingerprint density at radius 1 is 1.15 bits per heavy atom. The number of hydrogen-bond donors (Lipinski definition) is 0. The summed E-state index contributed by atoms with van der Waals surface area (Å²) in [5, 5.41) is 0. The number of nitrogens with zero attached hydrogens (tertiary/aromatic N) is 4. The van der Waals surface area contributed by atoms with Gasteiger partial charge in [-0.15, -0.1) is 0 Å². The zero-order valence-electron chi connectivity index (χ0n) is 15.1. The lowest BCUT2D eigenvalue weighted by molar-refractivity contribution is -0.130. The fraction of sp³-hybridized carbons (Fsp3) is 0.421. The molecule has 0 atom stereocenters. The Morgan fingerprint density at radius 3 is 2.54 bits per heavy atom. The highest BCUT2D eigenvalue weighted by molar-refractivity contribution is 5.79. The van der Waals surface area contributed by atoms with Crippen molar-refractivity contribution in [2.24, 2.45) is 0 Å². The van der Waals surface area contributed by atoms with Crippen molar-refractivity contribution < 1.29 is 13.9 Å². The minimum Gasteiger partial charge on any atom is -0.472 e. The monoisotopic (exact) mass is 358 g/mol. The SMILES string of the molecule is CC(C)Oc1nccnc1N1CCN(C(=O)Cc2ccccc2F)CC1. The molecule has 6 nitrogen and oxygen atoms in total. The smallest absolute Gasteiger partial charge is 0.257 e. The summed E-state index contributed by atoms with van der Waals surface area (Å²) in [5.74, 6) is 0.804. The third-order valence-corrected chi connectivity index (χ3v) is 4.23. The molecule has 0 N–H and O–H groups in total. The summed E-state index contributed by atoms with van der Waals surface area (Å²) >= 11 is 0. The van der Waals surface area contributed by atoms with Crippen LogP contribution in [0.1, 0.15) is 19.4 Å². The number of rotatable bonds is 5. The predicted octanol–water partition coefficient (Wildman–Crippen LogP) is 2.29. The van der Waals surface area contributed by atoms with Crippen LogP contribution in [0.4, 0.5) is 10.2 Å². The highest BCUT2D eigenvalue weighted by Crippen LogP contribution is 2.24. The molecule has 3 rings (SSSR count). The molecule has 0 radical (unpaired) electrons. The van der Waals surface area contributed by atoms with Crippen molar-refractivity contribution in [2.45, 2.75) is 26.4 Å². The Bertz CT molecular complexity index is 761. The molecule has 0 spiro atoms. The van der Waals surface area contributed by atoms with E-state index in [0.29, 0.717) is 43.4 Å². The zero-order chi connectivity index (χ0) is 18.5. The van der Waals surface area contributed by atoms with Crippen LogP contribution in [-0.4, -0.2) is 53.1 Å². The molecule has 1 amide bonds. The molecule has 1 fully saturated rings. The lowest BCUT2D eigenvalue weighted by Crippen LogP contribution is -2.49. The molecule has 1 aromatic heterocycles. The van der Waals surface area contributed by atoms with Gasteiger partial charge < -0.3 is 14.5 Å². The van der Waals surface area contributed by atoms with E-state index in [2.05, 4.69) is 14.9 Å². The quantitative estimate of drug-likeness (QED) is 0.821. The van der Waals surface area contributed by atoms with Gasteiger partial charge in [-0.2, -0.15) is 0 Å². The number of hydrogen-bond acceptors (Lipinski definition) is 5. The van der Waals surface area contributed by atoms with Gasteiger partial charge in [0, 0.05) is 38.6 Å². The van der Waals surface area contributed by atoms with Crippen LogP contribution in [0.25, 0.3) is 0 Å². The third-order valence-electron chi connectivity index (χ3n) is 4.23. The highest BCUT2D eigenvalue weighted by atomic mass is 19.1. The zero-order valence-corrected chi connectivity index (χ0v) is 15.1. The molecule has 0 bridgehead atoms. The van der Waals surface area contributed by atoms with E-state index in [1.165, 1.54) is 6.07 Å². The van der Waals surface area contributed by atoms with Crippen LogP contribution < -0.4 is 9.64 Å². The second kappa shape index (κ2) is 8.12. The first kappa shape index (κ1) is 18.1. The Balaban J connectivity index is 1.61. The second-order valence-corrected chi connectivity index (χ2v) is 6.49. The fourth-order valence-corrected chi connectivity index (χ4v) is 2.93. The molecule has 138 valence electrons. The van der Waals surface area contributed by atoms with Gasteiger partial charge in [-0.1, -0.05) is 18.2 Å². The van der Waals surface area contributed by atoms with Crippen LogP contribution in [0.2, 0.25) is 0 Å². The average molecular weight is 358 g/mol. The molecule has 1 saturated heterocycles. The van der Waals surface area contributed by atoms with E-state index < -0.39 is 0 Å². The number of carbonyl (C=O) groups excluding carboxylic acids is 1. The molecular formula is C19H23FN4O2. The number of piperazine rings is 1. The van der Waals surface area contributed by atoms with E-state index >= 15 is 0 Å². The van der Waals surface area contributed by atoms with Crippen molar-refractivity contribution in [1.82, 2.24) is 14.9 Å². The largest absolute Gasteiger partial charge is 0.472 e. The van der Waals surface area contributed by atoms with Gasteiger partial charge in [0.25, 0.3) is 5.88 Å². The van der Waals surface area contributed by atoms with Gasteiger partial charge in [0.15, 0.2) is 5.82 Å². The van der Waals surface area contributed by atoms with Gasteiger partial charge in [0.1, 0.15) is 5.82 Å². The van der Waals surface area contributed by atoms with E-state index in [0.717, 1.165) is 0 Å². The molecule has 2 heterocycles. The van der Waals surface area contributed by atoms with Crippen molar-refractivity contribution >= 4 is 11.7 Å². The first-order valence-electron chi connectivity index (χ1n) is 8.78. The summed E-state index contributed by atoms with van der Waals surface area (Å²) in [7, 11) is 0. The lowest BCUT2D eigenvalue weighted by atomic mass is 10.1. The maximum atomic E-state index is 13.7. The molecule has 7 heteroatoms. The Labute approximate surface area is 152 Å². The molecule has 1 aliphatic rings. The molecule has 0 unspecified atom stereocenters. The van der Waals surface area contributed by atoms with E-state index in [1.54, 1.807) is 35.5 Å². The predicted molar refractivity (Wildman–Crippen MR) is 96.7 cm³/mol. The van der Waals surface area contributed by atoms with E-state index in [9.17, 15) is 9.18 Å².